The van der Waals surface area contributed by atoms with E-state index in [1.807, 2.05) is 66.7 Å². The van der Waals surface area contributed by atoms with E-state index in [0.717, 1.165) is 29.9 Å². The van der Waals surface area contributed by atoms with Gasteiger partial charge in [0.1, 0.15) is 6.04 Å². The van der Waals surface area contributed by atoms with Crippen LogP contribution in [0.4, 0.5) is 11.4 Å². The Hall–Kier alpha value is -4.20. The first-order valence-electron chi connectivity index (χ1n) is 13.3. The van der Waals surface area contributed by atoms with Crippen molar-refractivity contribution in [3.8, 4) is 0 Å². The third-order valence-electron chi connectivity index (χ3n) is 6.85. The number of pyridine rings is 1. The highest BCUT2D eigenvalue weighted by Gasteiger charge is 2.32. The molecule has 1 atom stereocenters. The molecule has 1 aliphatic rings. The van der Waals surface area contributed by atoms with Gasteiger partial charge in [0.15, 0.2) is 0 Å². The molecular formula is C32H31ClN4O3. The van der Waals surface area contributed by atoms with Crippen LogP contribution in [0.15, 0.2) is 103 Å². The van der Waals surface area contributed by atoms with Crippen molar-refractivity contribution in [1.29, 1.82) is 0 Å². The van der Waals surface area contributed by atoms with Crippen molar-refractivity contribution < 1.29 is 14.3 Å². The molecule has 8 heteroatoms. The molecule has 1 saturated heterocycles. The number of morpholine rings is 1. The van der Waals surface area contributed by atoms with Crippen molar-refractivity contribution in [2.45, 2.75) is 19.0 Å². The lowest BCUT2D eigenvalue weighted by atomic mass is 10.0. The Morgan fingerprint density at radius 3 is 2.27 bits per heavy atom. The van der Waals surface area contributed by atoms with E-state index in [1.165, 1.54) is 0 Å². The van der Waals surface area contributed by atoms with Crippen LogP contribution in [0, 0.1) is 0 Å². The maximum atomic E-state index is 14.0. The van der Waals surface area contributed by atoms with Gasteiger partial charge in [0.05, 0.1) is 19.6 Å². The number of amides is 2. The number of anilines is 2. The lowest BCUT2D eigenvalue weighted by Gasteiger charge is -2.32. The molecule has 1 fully saturated rings. The van der Waals surface area contributed by atoms with E-state index in [0.29, 0.717) is 29.5 Å². The van der Waals surface area contributed by atoms with Crippen LogP contribution in [-0.4, -0.2) is 48.0 Å². The fourth-order valence-electron chi connectivity index (χ4n) is 4.79. The zero-order valence-corrected chi connectivity index (χ0v) is 22.8. The molecule has 0 bridgehead atoms. The molecule has 2 heterocycles. The molecule has 3 aromatic carbocycles. The normalized spacial score (nSPS) is 13.9. The second-order valence-electron chi connectivity index (χ2n) is 9.63. The molecule has 0 spiro atoms. The number of halogens is 1. The van der Waals surface area contributed by atoms with Gasteiger partial charge < -0.3 is 19.9 Å². The molecule has 2 amide bonds. The molecule has 1 aromatic heterocycles. The fraction of sp³-hybridized carbons (Fsp3) is 0.219. The third kappa shape index (κ3) is 7.05. The molecule has 0 aliphatic carbocycles. The number of benzene rings is 3. The minimum absolute atomic E-state index is 0.159. The van der Waals surface area contributed by atoms with E-state index in [2.05, 4.69) is 15.2 Å². The maximum absolute atomic E-state index is 14.0. The largest absolute Gasteiger partial charge is 0.378 e. The molecule has 4 aromatic rings. The van der Waals surface area contributed by atoms with Crippen molar-refractivity contribution in [1.82, 2.24) is 9.88 Å². The van der Waals surface area contributed by atoms with Crippen molar-refractivity contribution in [3.63, 3.8) is 0 Å². The van der Waals surface area contributed by atoms with Crippen LogP contribution in [0.1, 0.15) is 22.7 Å². The third-order valence-corrected chi connectivity index (χ3v) is 7.10. The predicted molar refractivity (Wildman–Crippen MR) is 157 cm³/mol. The summed E-state index contributed by atoms with van der Waals surface area (Å²) >= 11 is 6.18. The molecule has 0 saturated carbocycles. The summed E-state index contributed by atoms with van der Waals surface area (Å²) in [7, 11) is 0. The van der Waals surface area contributed by atoms with Crippen molar-refractivity contribution >= 4 is 34.8 Å². The summed E-state index contributed by atoms with van der Waals surface area (Å²) in [6.07, 6.45) is 3.56. The number of ether oxygens (including phenoxy) is 1. The number of nitrogens with one attached hydrogen (secondary N) is 1. The molecule has 204 valence electrons. The Balaban J connectivity index is 1.45. The summed E-state index contributed by atoms with van der Waals surface area (Å²) in [6.45, 7) is 3.28. The monoisotopic (exact) mass is 554 g/mol. The van der Waals surface area contributed by atoms with Crippen LogP contribution in [0.5, 0.6) is 0 Å². The number of carbonyl (C=O) groups excluding carboxylic acids is 2. The second kappa shape index (κ2) is 13.2. The molecule has 5 rings (SSSR count). The Kier molecular flexibility index (Phi) is 9.06. The lowest BCUT2D eigenvalue weighted by Crippen LogP contribution is -2.41. The van der Waals surface area contributed by atoms with Gasteiger partial charge in [-0.15, -0.1) is 0 Å². The number of carbonyl (C=O) groups is 2. The van der Waals surface area contributed by atoms with Gasteiger partial charge in [-0.1, -0.05) is 60.1 Å². The van der Waals surface area contributed by atoms with E-state index in [-0.39, 0.29) is 24.8 Å². The average molecular weight is 555 g/mol. The van der Waals surface area contributed by atoms with Gasteiger partial charge in [-0.3, -0.25) is 14.6 Å². The SMILES string of the molecule is O=C(Nc1ccc(N2CCOCC2)cc1)[C@@H](c1ccc(Cl)cc1)N(Cc1cccnc1)C(=O)Cc1ccccc1. The van der Waals surface area contributed by atoms with Gasteiger partial charge in [0, 0.05) is 48.4 Å². The van der Waals surface area contributed by atoms with Crippen LogP contribution in [-0.2, 0) is 27.3 Å². The lowest BCUT2D eigenvalue weighted by molar-refractivity contribution is -0.139. The average Bonchev–Trinajstić information content (AvgIpc) is 2.99. The Bertz CT molecular complexity index is 1390. The highest BCUT2D eigenvalue weighted by atomic mass is 35.5. The van der Waals surface area contributed by atoms with Crippen molar-refractivity contribution in [2.24, 2.45) is 0 Å². The van der Waals surface area contributed by atoms with Crippen LogP contribution in [0.3, 0.4) is 0 Å². The minimum Gasteiger partial charge on any atom is -0.378 e. The van der Waals surface area contributed by atoms with E-state index < -0.39 is 6.04 Å². The molecular weight excluding hydrogens is 524 g/mol. The Morgan fingerprint density at radius 1 is 0.900 bits per heavy atom. The van der Waals surface area contributed by atoms with Gasteiger partial charge in [0.25, 0.3) is 5.91 Å². The van der Waals surface area contributed by atoms with E-state index in [4.69, 9.17) is 16.3 Å². The topological polar surface area (TPSA) is 74.8 Å². The zero-order valence-electron chi connectivity index (χ0n) is 22.1. The zero-order chi connectivity index (χ0) is 27.7. The maximum Gasteiger partial charge on any atom is 0.251 e. The first-order chi connectivity index (χ1) is 19.6. The molecule has 40 heavy (non-hydrogen) atoms. The Morgan fingerprint density at radius 2 is 1.60 bits per heavy atom. The van der Waals surface area contributed by atoms with Crippen LogP contribution >= 0.6 is 11.6 Å². The summed E-state index contributed by atoms with van der Waals surface area (Å²) < 4.78 is 5.45. The van der Waals surface area contributed by atoms with Gasteiger partial charge >= 0.3 is 0 Å². The van der Waals surface area contributed by atoms with Gasteiger partial charge in [-0.2, -0.15) is 0 Å². The first-order valence-corrected chi connectivity index (χ1v) is 13.7. The molecule has 1 aliphatic heterocycles. The number of hydrogen-bond donors (Lipinski definition) is 1. The number of aromatic nitrogens is 1. The summed E-state index contributed by atoms with van der Waals surface area (Å²) in [4.78, 5) is 35.9. The molecule has 0 radical (unpaired) electrons. The Labute approximate surface area is 239 Å². The van der Waals surface area contributed by atoms with Gasteiger partial charge in [-0.05, 0) is 59.2 Å². The quantitative estimate of drug-likeness (QED) is 0.295. The van der Waals surface area contributed by atoms with E-state index in [9.17, 15) is 9.59 Å². The van der Waals surface area contributed by atoms with E-state index in [1.54, 1.807) is 41.6 Å². The van der Waals surface area contributed by atoms with Gasteiger partial charge in [-0.25, -0.2) is 0 Å². The van der Waals surface area contributed by atoms with Gasteiger partial charge in [0.2, 0.25) is 5.91 Å². The second-order valence-corrected chi connectivity index (χ2v) is 10.1. The number of nitrogens with zero attached hydrogens (tertiary/aromatic N) is 3. The summed E-state index contributed by atoms with van der Waals surface area (Å²) in [5, 5.41) is 3.60. The van der Waals surface area contributed by atoms with Crippen LogP contribution < -0.4 is 10.2 Å². The standard InChI is InChI=1S/C32H31ClN4O3/c33-27-10-8-26(9-11-27)31(32(39)35-28-12-14-29(15-13-28)36-17-19-40-20-18-36)37(23-25-7-4-16-34-22-25)30(38)21-24-5-2-1-3-6-24/h1-16,22,31H,17-21,23H2,(H,35,39)/t31-/m1/s1. The van der Waals surface area contributed by atoms with E-state index >= 15 is 0 Å². The first kappa shape index (κ1) is 27.4. The van der Waals surface area contributed by atoms with Crippen LogP contribution in [0.25, 0.3) is 0 Å². The van der Waals surface area contributed by atoms with Crippen molar-refractivity contribution in [3.05, 3.63) is 125 Å². The number of hydrogen-bond acceptors (Lipinski definition) is 5. The summed E-state index contributed by atoms with van der Waals surface area (Å²) in [5.41, 5.74) is 4.09. The highest BCUT2D eigenvalue weighted by Crippen LogP contribution is 2.28. The minimum atomic E-state index is -0.896. The predicted octanol–water partition coefficient (Wildman–Crippen LogP) is 5.52. The number of rotatable bonds is 9. The molecule has 0 unspecified atom stereocenters. The molecule has 7 nitrogen and oxygen atoms in total. The fourth-order valence-corrected chi connectivity index (χ4v) is 4.92. The van der Waals surface area contributed by atoms with Crippen molar-refractivity contribution in [2.75, 3.05) is 36.5 Å². The highest BCUT2D eigenvalue weighted by molar-refractivity contribution is 6.30. The summed E-state index contributed by atoms with van der Waals surface area (Å²) in [6, 6.07) is 27.2. The summed E-state index contributed by atoms with van der Waals surface area (Å²) in [5.74, 6) is -0.487. The smallest absolute Gasteiger partial charge is 0.251 e. The van der Waals surface area contributed by atoms with Crippen LogP contribution in [0.2, 0.25) is 5.02 Å². The molecule has 1 N–H and O–H groups in total.